The smallest absolute Gasteiger partial charge is 0.408 e. The van der Waals surface area contributed by atoms with Gasteiger partial charge in [-0.05, 0) is 29.5 Å². The fraction of sp³-hybridized carbons (Fsp3) is 0.714. The number of carbonyl (C=O) groups is 4. The third-order valence-electron chi connectivity index (χ3n) is 7.49. The van der Waals surface area contributed by atoms with Crippen molar-refractivity contribution in [1.82, 2.24) is 5.32 Å². The number of rotatable bonds is 26. The quantitative estimate of drug-likeness (QED) is 0.0468. The molecule has 0 bridgehead atoms. The highest BCUT2D eigenvalue weighted by Crippen LogP contribution is 2.15. The molecule has 9 heteroatoms. The van der Waals surface area contributed by atoms with Crippen molar-refractivity contribution in [3.8, 4) is 0 Å². The van der Waals surface area contributed by atoms with Crippen molar-refractivity contribution in [1.29, 1.82) is 0 Å². The first-order valence-corrected chi connectivity index (χ1v) is 17.1. The van der Waals surface area contributed by atoms with Crippen LogP contribution >= 0.6 is 11.6 Å². The van der Waals surface area contributed by atoms with Gasteiger partial charge in [0.1, 0.15) is 25.4 Å². The van der Waals surface area contributed by atoms with Gasteiger partial charge in [-0.25, -0.2) is 9.59 Å². The zero-order chi connectivity index (χ0) is 32.4. The van der Waals surface area contributed by atoms with E-state index >= 15 is 0 Å². The molecule has 0 spiro atoms. The molecule has 1 N–H and O–H groups in total. The third-order valence-corrected chi connectivity index (χ3v) is 7.65. The second kappa shape index (κ2) is 25.7. The van der Waals surface area contributed by atoms with Crippen molar-refractivity contribution in [2.45, 2.75) is 149 Å². The second-order valence-electron chi connectivity index (χ2n) is 11.9. The minimum atomic E-state index is -1.05. The van der Waals surface area contributed by atoms with E-state index in [2.05, 4.69) is 12.2 Å². The molecule has 0 saturated carbocycles. The molecule has 8 nitrogen and oxygen atoms in total. The topological polar surface area (TPSA) is 108 Å². The van der Waals surface area contributed by atoms with Crippen molar-refractivity contribution >= 4 is 34.9 Å². The van der Waals surface area contributed by atoms with Crippen LogP contribution in [0.4, 0.5) is 4.79 Å². The van der Waals surface area contributed by atoms with Crippen LogP contribution in [0.25, 0.3) is 0 Å². The van der Waals surface area contributed by atoms with Gasteiger partial charge in [0.05, 0.1) is 6.42 Å². The second-order valence-corrected chi connectivity index (χ2v) is 12.4. The average molecular weight is 638 g/mol. The number of hydrogen-bond donors (Lipinski definition) is 1. The highest BCUT2D eigenvalue weighted by molar-refractivity contribution is 6.63. The number of alkyl carbamates (subject to hydrolysis) is 1. The van der Waals surface area contributed by atoms with Gasteiger partial charge >= 0.3 is 18.0 Å². The lowest BCUT2D eigenvalue weighted by Crippen LogP contribution is -2.47. The summed E-state index contributed by atoms with van der Waals surface area (Å²) in [5, 5.41) is 1.80. The van der Waals surface area contributed by atoms with Crippen LogP contribution < -0.4 is 5.32 Å². The van der Waals surface area contributed by atoms with Gasteiger partial charge in [0, 0.05) is 6.42 Å². The molecule has 2 atom stereocenters. The Balaban J connectivity index is 2.26. The fourth-order valence-electron chi connectivity index (χ4n) is 4.84. The van der Waals surface area contributed by atoms with Crippen LogP contribution in [0.5, 0.6) is 0 Å². The van der Waals surface area contributed by atoms with Gasteiger partial charge in [0.2, 0.25) is 5.24 Å². The van der Waals surface area contributed by atoms with Crippen LogP contribution in [-0.4, -0.2) is 42.0 Å². The minimum absolute atomic E-state index is 0.0468. The van der Waals surface area contributed by atoms with Crippen LogP contribution in [0.1, 0.15) is 135 Å². The molecule has 250 valence electrons. The number of carbonyl (C=O) groups excluding carboxylic acids is 4. The van der Waals surface area contributed by atoms with E-state index in [1.165, 1.54) is 77.0 Å². The van der Waals surface area contributed by atoms with Gasteiger partial charge < -0.3 is 19.5 Å². The SMILES string of the molecule is CCCCCCCCCCCCCCCCCC(=O)OCC(CC(=O)Cl)OC(=O)[C@@H](NC(=O)OCc1ccccc1)C(C)C. The Labute approximate surface area is 270 Å². The first-order chi connectivity index (χ1) is 21.2. The normalized spacial score (nSPS) is 12.4. The number of halogens is 1. The van der Waals surface area contributed by atoms with Crippen molar-refractivity contribution < 1.29 is 33.4 Å². The molecule has 0 aliphatic rings. The summed E-state index contributed by atoms with van der Waals surface area (Å²) in [4.78, 5) is 49.0. The van der Waals surface area contributed by atoms with Gasteiger partial charge in [0.25, 0.3) is 0 Å². The summed E-state index contributed by atoms with van der Waals surface area (Å²) in [5.74, 6) is -1.50. The van der Waals surface area contributed by atoms with Crippen LogP contribution in [-0.2, 0) is 35.2 Å². The molecular formula is C35H56ClNO7. The summed E-state index contributed by atoms with van der Waals surface area (Å²) in [7, 11) is 0. The zero-order valence-corrected chi connectivity index (χ0v) is 28.0. The third kappa shape index (κ3) is 21.2. The van der Waals surface area contributed by atoms with E-state index in [4.69, 9.17) is 25.8 Å². The van der Waals surface area contributed by atoms with Crippen molar-refractivity contribution in [3.63, 3.8) is 0 Å². The van der Waals surface area contributed by atoms with E-state index in [-0.39, 0.29) is 32.0 Å². The Morgan fingerprint density at radius 3 is 1.77 bits per heavy atom. The van der Waals surface area contributed by atoms with Crippen molar-refractivity contribution in [3.05, 3.63) is 35.9 Å². The molecule has 0 fully saturated rings. The molecule has 1 aromatic rings. The van der Waals surface area contributed by atoms with Crippen molar-refractivity contribution in [2.24, 2.45) is 5.92 Å². The molecule has 0 aliphatic carbocycles. The molecule has 1 unspecified atom stereocenters. The predicted molar refractivity (Wildman–Crippen MR) is 174 cm³/mol. The monoisotopic (exact) mass is 637 g/mol. The van der Waals surface area contributed by atoms with Crippen LogP contribution in [0.15, 0.2) is 30.3 Å². The van der Waals surface area contributed by atoms with E-state index in [1.807, 2.05) is 30.3 Å². The first-order valence-electron chi connectivity index (χ1n) is 16.7. The van der Waals surface area contributed by atoms with Gasteiger partial charge in [0.15, 0.2) is 0 Å². The van der Waals surface area contributed by atoms with Crippen LogP contribution in [0.3, 0.4) is 0 Å². The van der Waals surface area contributed by atoms with E-state index in [0.29, 0.717) is 0 Å². The molecule has 0 aliphatic heterocycles. The maximum atomic E-state index is 12.9. The highest BCUT2D eigenvalue weighted by Gasteiger charge is 2.30. The molecule has 1 rings (SSSR count). The summed E-state index contributed by atoms with van der Waals surface area (Å²) in [6.45, 7) is 5.49. The first kappa shape index (κ1) is 39.4. The number of hydrogen-bond acceptors (Lipinski definition) is 7. The number of amides is 1. The summed E-state index contributed by atoms with van der Waals surface area (Å²) < 4.78 is 15.9. The van der Waals surface area contributed by atoms with E-state index in [0.717, 1.165) is 24.8 Å². The molecule has 44 heavy (non-hydrogen) atoms. The number of unbranched alkanes of at least 4 members (excludes halogenated alkanes) is 14. The lowest BCUT2D eigenvalue weighted by Gasteiger charge is -2.24. The molecule has 1 aromatic carbocycles. The molecule has 0 radical (unpaired) electrons. The Hall–Kier alpha value is -2.61. The number of nitrogens with one attached hydrogen (secondary N) is 1. The van der Waals surface area contributed by atoms with Crippen LogP contribution in [0.2, 0.25) is 0 Å². The maximum absolute atomic E-state index is 12.9. The standard InChI is InChI=1S/C35H56ClNO7/c1-4-5-6-7-8-9-10-11-12-13-14-15-16-17-21-24-32(39)42-27-30(25-31(36)38)44-34(40)33(28(2)3)37-35(41)43-26-29-22-19-18-20-23-29/h18-20,22-23,28,30,33H,4-17,21,24-27H2,1-3H3,(H,37,41)/t30?,33-/m0/s1. The van der Waals surface area contributed by atoms with Crippen LogP contribution in [0, 0.1) is 5.92 Å². The summed E-state index contributed by atoms with van der Waals surface area (Å²) >= 11 is 5.54. The molecule has 1 amide bonds. The van der Waals surface area contributed by atoms with Gasteiger partial charge in [-0.2, -0.15) is 0 Å². The molecule has 0 aromatic heterocycles. The lowest BCUT2D eigenvalue weighted by atomic mass is 10.0. The fourth-order valence-corrected chi connectivity index (χ4v) is 5.01. The average Bonchev–Trinajstić information content (AvgIpc) is 2.99. The van der Waals surface area contributed by atoms with Gasteiger partial charge in [-0.15, -0.1) is 0 Å². The number of benzene rings is 1. The highest BCUT2D eigenvalue weighted by atomic mass is 35.5. The summed E-state index contributed by atoms with van der Waals surface area (Å²) in [5.41, 5.74) is 0.804. The Bertz CT molecular complexity index is 925. The Morgan fingerprint density at radius 1 is 0.750 bits per heavy atom. The van der Waals surface area contributed by atoms with E-state index in [9.17, 15) is 19.2 Å². The molecule has 0 heterocycles. The minimum Gasteiger partial charge on any atom is -0.462 e. The van der Waals surface area contributed by atoms with Gasteiger partial charge in [-0.1, -0.05) is 141 Å². The summed E-state index contributed by atoms with van der Waals surface area (Å²) in [6.07, 6.45) is 16.7. The summed E-state index contributed by atoms with van der Waals surface area (Å²) in [6, 6.07) is 8.12. The number of ether oxygens (including phenoxy) is 3. The predicted octanol–water partition coefficient (Wildman–Crippen LogP) is 8.81. The number of esters is 2. The maximum Gasteiger partial charge on any atom is 0.408 e. The van der Waals surface area contributed by atoms with Gasteiger partial charge in [-0.3, -0.25) is 9.59 Å². The molecular weight excluding hydrogens is 582 g/mol. The zero-order valence-electron chi connectivity index (χ0n) is 27.3. The Kier molecular flexibility index (Phi) is 23.0. The van der Waals surface area contributed by atoms with Crippen molar-refractivity contribution in [2.75, 3.05) is 6.61 Å². The largest absolute Gasteiger partial charge is 0.462 e. The molecule has 0 saturated heterocycles. The Morgan fingerprint density at radius 2 is 1.27 bits per heavy atom. The van der Waals surface area contributed by atoms with E-state index in [1.54, 1.807) is 13.8 Å². The van der Waals surface area contributed by atoms with E-state index < -0.39 is 35.4 Å². The lowest BCUT2D eigenvalue weighted by molar-refractivity contribution is -0.162.